The van der Waals surface area contributed by atoms with Crippen LogP contribution in [0.5, 0.6) is 11.5 Å². The summed E-state index contributed by atoms with van der Waals surface area (Å²) < 4.78 is 32.4. The van der Waals surface area contributed by atoms with Crippen LogP contribution >= 0.6 is 0 Å². The lowest BCUT2D eigenvalue weighted by molar-refractivity contribution is -0.150. The van der Waals surface area contributed by atoms with E-state index in [1.807, 2.05) is 18.7 Å². The van der Waals surface area contributed by atoms with Gasteiger partial charge in [-0.2, -0.15) is 5.10 Å². The van der Waals surface area contributed by atoms with Crippen LogP contribution in [0.4, 0.5) is 4.39 Å². The lowest BCUT2D eigenvalue weighted by Gasteiger charge is -2.32. The van der Waals surface area contributed by atoms with Crippen LogP contribution in [-0.4, -0.2) is 78.0 Å². The Morgan fingerprint density at radius 1 is 1.17 bits per heavy atom. The Balaban J connectivity index is 1.74. The van der Waals surface area contributed by atoms with Crippen LogP contribution in [0.25, 0.3) is 5.69 Å². The smallest absolute Gasteiger partial charge is 0.349 e. The van der Waals surface area contributed by atoms with Gasteiger partial charge in [0, 0.05) is 37.1 Å². The molecule has 2 aromatic carbocycles. The van der Waals surface area contributed by atoms with Gasteiger partial charge in [-0.15, -0.1) is 0 Å². The number of esters is 1. The fourth-order valence-electron chi connectivity index (χ4n) is 4.79. The number of carbonyl (C=O) groups is 3. The highest BCUT2D eigenvalue weighted by molar-refractivity contribution is 5.95. The Morgan fingerprint density at radius 3 is 2.62 bits per heavy atom. The van der Waals surface area contributed by atoms with Crippen LogP contribution in [-0.2, 0) is 20.9 Å². The van der Waals surface area contributed by atoms with Crippen molar-refractivity contribution in [1.82, 2.24) is 25.3 Å². The Hall–Kier alpha value is -4.45. The minimum atomic E-state index is -1.24. The molecule has 4 rings (SSSR count). The van der Waals surface area contributed by atoms with Gasteiger partial charge in [-0.3, -0.25) is 14.5 Å². The van der Waals surface area contributed by atoms with Gasteiger partial charge in [0.1, 0.15) is 5.82 Å². The van der Waals surface area contributed by atoms with Crippen molar-refractivity contribution in [1.29, 1.82) is 0 Å². The van der Waals surface area contributed by atoms with E-state index in [2.05, 4.69) is 15.7 Å². The summed E-state index contributed by atoms with van der Waals surface area (Å²) in [4.78, 5) is 41.3. The largest absolute Gasteiger partial charge is 0.493 e. The zero-order valence-electron chi connectivity index (χ0n) is 24.3. The Labute approximate surface area is 243 Å². The van der Waals surface area contributed by atoms with Crippen LogP contribution in [0.3, 0.4) is 0 Å². The number of halogens is 1. The molecule has 1 aliphatic rings. The van der Waals surface area contributed by atoms with Gasteiger partial charge in [0.05, 0.1) is 32.5 Å². The molecule has 12 heteroatoms. The van der Waals surface area contributed by atoms with E-state index in [1.165, 1.54) is 32.4 Å². The first-order valence-electron chi connectivity index (χ1n) is 13.6. The molecule has 224 valence electrons. The van der Waals surface area contributed by atoms with Crippen molar-refractivity contribution in [2.45, 2.75) is 45.5 Å². The second-order valence-electron chi connectivity index (χ2n) is 10.5. The molecule has 0 saturated carbocycles. The average molecular weight is 582 g/mol. The summed E-state index contributed by atoms with van der Waals surface area (Å²) in [5.74, 6) is -1.46. The van der Waals surface area contributed by atoms with E-state index in [9.17, 15) is 18.8 Å². The standard InChI is InChI=1S/C30H36FN5O6/c1-18(2)23-16-35(15-21-13-22(31)8-9-24(21)36-12-6-11-32-36)17-27(37)33-19(3)28(30(39)41-5)42-26-14-20(29(38)34-23)7-10-25(26)40-4/h6-14,18-19,23,28H,15-17H2,1-5H3,(H,33,37)(H,34,38)/t19-,23+,28+/m0/s1. The van der Waals surface area contributed by atoms with Gasteiger partial charge >= 0.3 is 5.97 Å². The van der Waals surface area contributed by atoms with Gasteiger partial charge in [-0.05, 0) is 60.9 Å². The molecule has 2 bridgehead atoms. The van der Waals surface area contributed by atoms with Gasteiger partial charge in [0.2, 0.25) is 12.0 Å². The highest BCUT2D eigenvalue weighted by Gasteiger charge is 2.32. The molecule has 3 aromatic rings. The number of nitrogens with one attached hydrogen (secondary N) is 2. The SMILES string of the molecule is COC(=O)[C@@H]1Oc2cc(ccc2OC)C(=O)N[C@@H](C(C)C)CN(Cc2cc(F)ccc2-n2cccn2)CC(=O)N[C@H]1C. The van der Waals surface area contributed by atoms with Crippen molar-refractivity contribution in [2.24, 2.45) is 5.92 Å². The number of ether oxygens (including phenoxy) is 3. The molecule has 2 amide bonds. The number of nitrogens with zero attached hydrogens (tertiary/aromatic N) is 3. The molecule has 0 fully saturated rings. The first-order valence-corrected chi connectivity index (χ1v) is 13.6. The number of aromatic nitrogens is 2. The zero-order chi connectivity index (χ0) is 30.4. The molecule has 1 aromatic heterocycles. The first kappa shape index (κ1) is 30.5. The monoisotopic (exact) mass is 581 g/mol. The minimum Gasteiger partial charge on any atom is -0.493 e. The van der Waals surface area contributed by atoms with Crippen molar-refractivity contribution in [3.8, 4) is 17.2 Å². The van der Waals surface area contributed by atoms with Gasteiger partial charge in [0.15, 0.2) is 11.5 Å². The number of amides is 2. The van der Waals surface area contributed by atoms with Crippen LogP contribution in [0.15, 0.2) is 54.9 Å². The lowest BCUT2D eigenvalue weighted by Crippen LogP contribution is -2.53. The number of fused-ring (bicyclic) bond motifs is 2. The van der Waals surface area contributed by atoms with Gasteiger partial charge in [-0.1, -0.05) is 13.8 Å². The van der Waals surface area contributed by atoms with E-state index in [4.69, 9.17) is 14.2 Å². The summed E-state index contributed by atoms with van der Waals surface area (Å²) in [6, 6.07) is 9.63. The number of benzene rings is 2. The van der Waals surface area contributed by atoms with E-state index in [1.54, 1.807) is 48.3 Å². The van der Waals surface area contributed by atoms with E-state index in [0.29, 0.717) is 22.6 Å². The maximum Gasteiger partial charge on any atom is 0.349 e. The second-order valence-corrected chi connectivity index (χ2v) is 10.5. The van der Waals surface area contributed by atoms with E-state index in [0.717, 1.165) is 0 Å². The molecule has 11 nitrogen and oxygen atoms in total. The Kier molecular flexibility index (Phi) is 9.79. The van der Waals surface area contributed by atoms with Gasteiger partial charge in [0.25, 0.3) is 5.91 Å². The molecule has 1 aliphatic heterocycles. The molecular weight excluding hydrogens is 545 g/mol. The second kappa shape index (κ2) is 13.5. The molecule has 2 N–H and O–H groups in total. The Morgan fingerprint density at radius 2 is 1.95 bits per heavy atom. The third kappa shape index (κ3) is 7.24. The van der Waals surface area contributed by atoms with Gasteiger partial charge < -0.3 is 24.8 Å². The molecule has 0 aliphatic carbocycles. The van der Waals surface area contributed by atoms with Crippen molar-refractivity contribution >= 4 is 17.8 Å². The van der Waals surface area contributed by atoms with Crippen molar-refractivity contribution in [3.05, 3.63) is 71.8 Å². The fourth-order valence-corrected chi connectivity index (χ4v) is 4.79. The molecule has 0 saturated heterocycles. The van der Waals surface area contributed by atoms with Crippen LogP contribution < -0.4 is 20.1 Å². The number of rotatable bonds is 6. The zero-order valence-corrected chi connectivity index (χ0v) is 24.3. The van der Waals surface area contributed by atoms with E-state index >= 15 is 0 Å². The molecule has 0 unspecified atom stereocenters. The normalized spacial score (nSPS) is 20.2. The molecule has 0 spiro atoms. The number of hydrogen-bond acceptors (Lipinski definition) is 8. The van der Waals surface area contributed by atoms with Crippen molar-refractivity contribution in [3.63, 3.8) is 0 Å². The predicted octanol–water partition coefficient (Wildman–Crippen LogP) is 2.72. The molecule has 42 heavy (non-hydrogen) atoms. The predicted molar refractivity (Wildman–Crippen MR) is 152 cm³/mol. The van der Waals surface area contributed by atoms with Crippen LogP contribution in [0.2, 0.25) is 0 Å². The third-order valence-electron chi connectivity index (χ3n) is 7.09. The summed E-state index contributed by atoms with van der Waals surface area (Å²) in [6.45, 7) is 5.90. The van der Waals surface area contributed by atoms with E-state index in [-0.39, 0.29) is 43.3 Å². The molecule has 0 radical (unpaired) electrons. The maximum absolute atomic E-state index is 14.4. The summed E-state index contributed by atoms with van der Waals surface area (Å²) in [6.07, 6.45) is 2.14. The molecular formula is C30H36FN5O6. The summed E-state index contributed by atoms with van der Waals surface area (Å²) in [7, 11) is 2.66. The quantitative estimate of drug-likeness (QED) is 0.426. The molecule has 3 atom stereocenters. The highest BCUT2D eigenvalue weighted by atomic mass is 19.1. The number of methoxy groups -OCH3 is 2. The summed E-state index contributed by atoms with van der Waals surface area (Å²) in [5, 5.41) is 10.2. The average Bonchev–Trinajstić information content (AvgIpc) is 3.49. The first-order chi connectivity index (χ1) is 20.1. The number of hydrogen-bond donors (Lipinski definition) is 2. The van der Waals surface area contributed by atoms with Crippen molar-refractivity contribution in [2.75, 3.05) is 27.3 Å². The van der Waals surface area contributed by atoms with Crippen LogP contribution in [0, 0.1) is 11.7 Å². The lowest BCUT2D eigenvalue weighted by atomic mass is 10.0. The third-order valence-corrected chi connectivity index (χ3v) is 7.09. The summed E-state index contributed by atoms with van der Waals surface area (Å²) in [5.41, 5.74) is 1.56. The Bertz CT molecular complexity index is 1410. The minimum absolute atomic E-state index is 0.0119. The van der Waals surface area contributed by atoms with Crippen LogP contribution in [0.1, 0.15) is 36.7 Å². The highest BCUT2D eigenvalue weighted by Crippen LogP contribution is 2.30. The van der Waals surface area contributed by atoms with Crippen molar-refractivity contribution < 1.29 is 33.0 Å². The van der Waals surface area contributed by atoms with E-state index < -0.39 is 29.8 Å². The fraction of sp³-hybridized carbons (Fsp3) is 0.400. The molecule has 2 heterocycles. The summed E-state index contributed by atoms with van der Waals surface area (Å²) >= 11 is 0. The topological polar surface area (TPSA) is 124 Å². The maximum atomic E-state index is 14.4. The number of carbonyl (C=O) groups excluding carboxylic acids is 3. The van der Waals surface area contributed by atoms with Gasteiger partial charge in [-0.25, -0.2) is 13.9 Å².